The van der Waals surface area contributed by atoms with Crippen molar-refractivity contribution in [3.8, 4) is 0 Å². The molecule has 2 bridgehead atoms. The molecule has 0 spiro atoms. The summed E-state index contributed by atoms with van der Waals surface area (Å²) in [6.07, 6.45) is 3.22. The van der Waals surface area contributed by atoms with E-state index < -0.39 is 66.9 Å². The van der Waals surface area contributed by atoms with Gasteiger partial charge in [-0.2, -0.15) is 0 Å². The number of fused-ring (bicyclic) bond motifs is 2. The summed E-state index contributed by atoms with van der Waals surface area (Å²) >= 11 is 0. The minimum atomic E-state index is -3.18. The number of benzene rings is 1. The fraction of sp³-hybridized carbons (Fsp3) is 0.423. The van der Waals surface area contributed by atoms with E-state index >= 15 is 0 Å². The zero-order chi connectivity index (χ0) is 28.9. The highest BCUT2D eigenvalue weighted by molar-refractivity contribution is 6.68. The van der Waals surface area contributed by atoms with E-state index in [1.165, 1.54) is 18.6 Å². The van der Waals surface area contributed by atoms with E-state index in [-0.39, 0.29) is 24.5 Å². The number of carbonyl (C=O) groups is 5. The topological polar surface area (TPSA) is 172 Å². The van der Waals surface area contributed by atoms with Crippen LogP contribution >= 0.6 is 0 Å². The molecule has 2 aliphatic heterocycles. The van der Waals surface area contributed by atoms with E-state index in [2.05, 4.69) is 25.3 Å². The molecule has 14 heteroatoms. The zero-order valence-corrected chi connectivity index (χ0v) is 22.3. The van der Waals surface area contributed by atoms with Gasteiger partial charge in [0, 0.05) is 24.8 Å². The van der Waals surface area contributed by atoms with Crippen molar-refractivity contribution in [3.63, 3.8) is 0 Å². The van der Waals surface area contributed by atoms with E-state index in [4.69, 9.17) is 14.0 Å². The first kappa shape index (κ1) is 28.7. The average Bonchev–Trinajstić information content (AvgIpc) is 3.13. The van der Waals surface area contributed by atoms with E-state index in [0.29, 0.717) is 0 Å². The van der Waals surface area contributed by atoms with Crippen molar-refractivity contribution in [3.05, 3.63) is 60.2 Å². The second-order valence-electron chi connectivity index (χ2n) is 10.2. The molecule has 0 aliphatic carbocycles. The van der Waals surface area contributed by atoms with E-state index in [1.807, 2.05) is 19.9 Å². The third-order valence-corrected chi connectivity index (χ3v) is 6.66. The van der Waals surface area contributed by atoms with Crippen LogP contribution in [0.1, 0.15) is 49.2 Å². The molecule has 4 atom stereocenters. The summed E-state index contributed by atoms with van der Waals surface area (Å²) in [5.74, 6) is -5.02. The van der Waals surface area contributed by atoms with Gasteiger partial charge < -0.3 is 29.3 Å². The maximum absolute atomic E-state index is 13.7. The number of hydrogen-bond acceptors (Lipinski definition) is 11. The SMILES string of the molecule is COC(=O)C[C@]12CC(=O)O[B-](C(CC(C)C)NC(=O)[C@H](Cc3ccccc3)NC(=O)c3cnccn3)(OC1=O)O2. The Morgan fingerprint density at radius 3 is 2.50 bits per heavy atom. The maximum Gasteiger partial charge on any atom is 0.518 e. The molecule has 2 unspecified atom stereocenters. The average molecular weight is 553 g/mol. The van der Waals surface area contributed by atoms with Crippen molar-refractivity contribution in [2.24, 2.45) is 5.92 Å². The number of hydrogen-bond donors (Lipinski definition) is 2. The van der Waals surface area contributed by atoms with E-state index in [1.54, 1.807) is 24.3 Å². The first-order chi connectivity index (χ1) is 19.1. The minimum absolute atomic E-state index is 0.0109. The van der Waals surface area contributed by atoms with Crippen LogP contribution in [0.4, 0.5) is 0 Å². The Hall–Kier alpha value is -4.33. The predicted molar refractivity (Wildman–Crippen MR) is 138 cm³/mol. The first-order valence-corrected chi connectivity index (χ1v) is 12.8. The molecule has 13 nitrogen and oxygen atoms in total. The van der Waals surface area contributed by atoms with Crippen LogP contribution in [-0.4, -0.2) is 71.1 Å². The molecule has 4 rings (SSSR count). The highest BCUT2D eigenvalue weighted by Crippen LogP contribution is 2.43. The Balaban J connectivity index is 1.62. The number of rotatable bonds is 11. The van der Waals surface area contributed by atoms with Crippen LogP contribution in [0.2, 0.25) is 0 Å². The Morgan fingerprint density at radius 1 is 1.10 bits per heavy atom. The molecule has 3 heterocycles. The molecule has 40 heavy (non-hydrogen) atoms. The number of methoxy groups -OCH3 is 1. The van der Waals surface area contributed by atoms with Crippen LogP contribution in [0.3, 0.4) is 0 Å². The second kappa shape index (κ2) is 11.8. The lowest BCUT2D eigenvalue weighted by Gasteiger charge is -2.46. The Kier molecular flexibility index (Phi) is 8.47. The van der Waals surface area contributed by atoms with Gasteiger partial charge >= 0.3 is 12.7 Å². The number of aromatic nitrogens is 2. The number of esters is 1. The maximum atomic E-state index is 13.7. The van der Waals surface area contributed by atoms with Crippen molar-refractivity contribution in [2.45, 2.75) is 57.1 Å². The number of nitrogens with one attached hydrogen (secondary N) is 2. The second-order valence-corrected chi connectivity index (χ2v) is 10.2. The van der Waals surface area contributed by atoms with Crippen LogP contribution in [0.5, 0.6) is 0 Å². The molecule has 2 aromatic rings. The Labute approximate surface area is 230 Å². The first-order valence-electron chi connectivity index (χ1n) is 12.8. The van der Waals surface area contributed by atoms with Gasteiger partial charge in [-0.3, -0.25) is 29.0 Å². The third-order valence-electron chi connectivity index (χ3n) is 6.66. The monoisotopic (exact) mass is 553 g/mol. The molecule has 0 saturated carbocycles. The van der Waals surface area contributed by atoms with Crippen LogP contribution in [0, 0.1) is 5.92 Å². The highest BCUT2D eigenvalue weighted by Gasteiger charge is 2.65. The molecular formula is C26H30BN4O9-. The molecular weight excluding hydrogens is 523 g/mol. The van der Waals surface area contributed by atoms with Crippen molar-refractivity contribution in [1.29, 1.82) is 0 Å². The third kappa shape index (κ3) is 6.28. The van der Waals surface area contributed by atoms with Gasteiger partial charge in [0.2, 0.25) is 5.91 Å². The molecule has 2 amide bonds. The normalized spacial score (nSPS) is 23.0. The molecule has 2 aliphatic rings. The molecule has 2 fully saturated rings. The lowest BCUT2D eigenvalue weighted by atomic mass is 9.64. The summed E-state index contributed by atoms with van der Waals surface area (Å²) in [7, 11) is 1.14. The predicted octanol–water partition coefficient (Wildman–Crippen LogP) is 0.649. The number of amides is 2. The van der Waals surface area contributed by atoms with E-state index in [9.17, 15) is 24.0 Å². The molecule has 212 valence electrons. The molecule has 2 saturated heterocycles. The van der Waals surface area contributed by atoms with Crippen molar-refractivity contribution >= 4 is 36.5 Å². The molecule has 0 radical (unpaired) electrons. The van der Waals surface area contributed by atoms with Crippen LogP contribution in [-0.2, 0) is 44.3 Å². The number of ether oxygens (including phenoxy) is 1. The lowest BCUT2D eigenvalue weighted by Crippen LogP contribution is -2.66. The van der Waals surface area contributed by atoms with E-state index in [0.717, 1.165) is 12.7 Å². The van der Waals surface area contributed by atoms with Gasteiger partial charge in [-0.25, -0.2) is 4.98 Å². The summed E-state index contributed by atoms with van der Waals surface area (Å²) in [4.78, 5) is 72.2. The van der Waals surface area contributed by atoms with Gasteiger partial charge in [0.05, 0.1) is 26.1 Å². The smallest absolute Gasteiger partial charge is 0.518 e. The quantitative estimate of drug-likeness (QED) is 0.296. The largest absolute Gasteiger partial charge is 0.632 e. The van der Waals surface area contributed by atoms with Gasteiger partial charge in [0.25, 0.3) is 17.8 Å². The fourth-order valence-electron chi connectivity index (χ4n) is 4.82. The standard InChI is InChI=1S/C26H30BN4O9/c1-16(2)11-20(27-38-22(33)14-26(40-27,25(36)39-27)13-21(32)37-3)31-23(34)18(12-17-7-5-4-6-8-17)30-24(35)19-15-28-9-10-29-19/h4-10,15-16,18,20H,11-14H2,1-3H3,(H,30,35)(H,31,34)/q-1/t18-,20?,26-,27?/m0/s1. The number of carbonyl (C=O) groups excluding carboxylic acids is 5. The summed E-state index contributed by atoms with van der Waals surface area (Å²) in [6.45, 7) is 0.531. The molecule has 1 aromatic carbocycles. The Bertz CT molecular complexity index is 1280. The van der Waals surface area contributed by atoms with Crippen LogP contribution in [0.15, 0.2) is 48.9 Å². The molecule has 2 N–H and O–H groups in total. The Morgan fingerprint density at radius 2 is 1.85 bits per heavy atom. The van der Waals surface area contributed by atoms with Crippen molar-refractivity contribution in [1.82, 2.24) is 20.6 Å². The van der Waals surface area contributed by atoms with Crippen LogP contribution < -0.4 is 10.6 Å². The van der Waals surface area contributed by atoms with Crippen LogP contribution in [0.25, 0.3) is 0 Å². The summed E-state index contributed by atoms with van der Waals surface area (Å²) in [5.41, 5.74) is -1.15. The highest BCUT2D eigenvalue weighted by atomic mass is 16.8. The van der Waals surface area contributed by atoms with Crippen molar-refractivity contribution in [2.75, 3.05) is 7.11 Å². The van der Waals surface area contributed by atoms with Gasteiger partial charge in [-0.1, -0.05) is 50.6 Å². The van der Waals surface area contributed by atoms with Gasteiger partial charge in [-0.15, -0.1) is 0 Å². The van der Waals surface area contributed by atoms with Gasteiger partial charge in [-0.05, 0) is 11.5 Å². The van der Waals surface area contributed by atoms with Crippen molar-refractivity contribution < 1.29 is 42.7 Å². The van der Waals surface area contributed by atoms with Gasteiger partial charge in [0.15, 0.2) is 0 Å². The minimum Gasteiger partial charge on any atom is -0.632 e. The summed E-state index contributed by atoms with van der Waals surface area (Å²) in [5, 5.41) is 5.46. The molecule has 1 aromatic heterocycles. The summed E-state index contributed by atoms with van der Waals surface area (Å²) < 4.78 is 21.6. The zero-order valence-electron chi connectivity index (χ0n) is 22.3. The summed E-state index contributed by atoms with van der Waals surface area (Å²) in [6, 6.07) is 7.92. The lowest BCUT2D eigenvalue weighted by molar-refractivity contribution is -0.161. The number of nitrogens with zero attached hydrogens (tertiary/aromatic N) is 2. The van der Waals surface area contributed by atoms with Gasteiger partial charge in [0.1, 0.15) is 17.3 Å². The fourth-order valence-corrected chi connectivity index (χ4v) is 4.82.